The van der Waals surface area contributed by atoms with Gasteiger partial charge in [-0.25, -0.2) is 23.5 Å². The highest BCUT2D eigenvalue weighted by molar-refractivity contribution is 6.30. The standard InChI is InChI=1S/C33H27ClF2N4O6/c1-43-28-11-18(32(41)42)10-27-30(28)39-29(40(27)15-20-5-8-44-20)14-22-21-6-9-45-31(21)23(13-25(22)36)26-4-7-37-33(38-26)46-16-17-2-3-19(34)12-24(17)35/h2-4,7,10-13,20H,5-6,8-9,14-16H2,1H3,(H,41,42)/t20-/m0/s1. The van der Waals surface area contributed by atoms with Gasteiger partial charge in [-0.05, 0) is 42.8 Å². The molecule has 1 saturated heterocycles. The third kappa shape index (κ3) is 5.58. The van der Waals surface area contributed by atoms with Crippen LogP contribution in [-0.2, 0) is 30.7 Å². The lowest BCUT2D eigenvalue weighted by molar-refractivity contribution is -0.0589. The Balaban J connectivity index is 1.24. The quantitative estimate of drug-likeness (QED) is 0.194. The summed E-state index contributed by atoms with van der Waals surface area (Å²) in [5, 5.41) is 9.98. The first-order valence-electron chi connectivity index (χ1n) is 14.6. The lowest BCUT2D eigenvalue weighted by atomic mass is 9.96. The van der Waals surface area contributed by atoms with Crippen LogP contribution in [0.25, 0.3) is 22.3 Å². The summed E-state index contributed by atoms with van der Waals surface area (Å²) >= 11 is 5.84. The van der Waals surface area contributed by atoms with E-state index in [2.05, 4.69) is 9.97 Å². The van der Waals surface area contributed by atoms with E-state index in [4.69, 9.17) is 35.5 Å². The van der Waals surface area contributed by atoms with Crippen LogP contribution in [0, 0.1) is 11.6 Å². The van der Waals surface area contributed by atoms with E-state index in [-0.39, 0.29) is 41.3 Å². The molecule has 0 spiro atoms. The molecule has 2 aromatic heterocycles. The molecule has 7 rings (SSSR count). The minimum atomic E-state index is -1.10. The zero-order valence-electron chi connectivity index (χ0n) is 24.6. The van der Waals surface area contributed by atoms with Crippen LogP contribution in [0.3, 0.4) is 0 Å². The van der Waals surface area contributed by atoms with Crippen LogP contribution in [0.4, 0.5) is 8.78 Å². The van der Waals surface area contributed by atoms with Gasteiger partial charge in [0.05, 0.1) is 43.1 Å². The first-order valence-corrected chi connectivity index (χ1v) is 15.0. The summed E-state index contributed by atoms with van der Waals surface area (Å²) in [4.78, 5) is 25.3. The maximum absolute atomic E-state index is 16.1. The number of halogens is 3. The van der Waals surface area contributed by atoms with E-state index in [1.807, 2.05) is 4.57 Å². The summed E-state index contributed by atoms with van der Waals surface area (Å²) in [6.45, 7) is 1.30. The molecular formula is C33H27ClF2N4O6. The minimum absolute atomic E-state index is 0.00955. The SMILES string of the molecule is COc1cc(C(=O)O)cc2c1nc(Cc1c(F)cc(-c3ccnc(OCc4ccc(Cl)cc4F)n3)c3c1CCO3)n2C[C@@H]1CCO1. The Hall–Kier alpha value is -4.81. The number of methoxy groups -OCH3 is 1. The van der Waals surface area contributed by atoms with E-state index < -0.39 is 17.6 Å². The Morgan fingerprint density at radius 2 is 1.98 bits per heavy atom. The van der Waals surface area contributed by atoms with Gasteiger partial charge in [0.15, 0.2) is 0 Å². The number of ether oxygens (including phenoxy) is 4. The molecule has 2 aliphatic rings. The Morgan fingerprint density at radius 3 is 2.72 bits per heavy atom. The lowest BCUT2D eigenvalue weighted by Crippen LogP contribution is -2.31. The third-order valence-corrected chi connectivity index (χ3v) is 8.44. The predicted molar refractivity (Wildman–Crippen MR) is 163 cm³/mol. The molecule has 13 heteroatoms. The maximum atomic E-state index is 16.1. The molecule has 1 fully saturated rings. The average Bonchev–Trinajstić information content (AvgIpc) is 3.64. The van der Waals surface area contributed by atoms with Gasteiger partial charge in [0.1, 0.15) is 41.1 Å². The van der Waals surface area contributed by atoms with Gasteiger partial charge in [-0.3, -0.25) is 0 Å². The molecule has 10 nitrogen and oxygen atoms in total. The number of fused-ring (bicyclic) bond motifs is 2. The van der Waals surface area contributed by atoms with Gasteiger partial charge in [0, 0.05) is 52.9 Å². The highest BCUT2D eigenvalue weighted by Crippen LogP contribution is 2.41. The second-order valence-corrected chi connectivity index (χ2v) is 11.4. The molecule has 5 aromatic rings. The van der Waals surface area contributed by atoms with Crippen LogP contribution < -0.4 is 14.2 Å². The van der Waals surface area contributed by atoms with E-state index in [0.29, 0.717) is 76.9 Å². The number of hydrogen-bond acceptors (Lipinski definition) is 8. The number of carboxylic acids is 1. The van der Waals surface area contributed by atoms with Crippen molar-refractivity contribution in [1.29, 1.82) is 0 Å². The smallest absolute Gasteiger partial charge is 0.335 e. The molecular weight excluding hydrogens is 622 g/mol. The fourth-order valence-corrected chi connectivity index (χ4v) is 5.94. The monoisotopic (exact) mass is 648 g/mol. The van der Waals surface area contributed by atoms with Crippen LogP contribution in [0.2, 0.25) is 5.02 Å². The molecule has 0 saturated carbocycles. The first kappa shape index (κ1) is 29.9. The number of carbonyl (C=O) groups is 1. The lowest BCUT2D eigenvalue weighted by Gasteiger charge is -2.27. The number of carboxylic acid groups (broad SMARTS) is 1. The van der Waals surface area contributed by atoms with Crippen molar-refractivity contribution in [3.05, 3.63) is 93.4 Å². The van der Waals surface area contributed by atoms with Gasteiger partial charge in [-0.15, -0.1) is 0 Å². The number of hydrogen-bond donors (Lipinski definition) is 1. The van der Waals surface area contributed by atoms with E-state index in [1.165, 1.54) is 37.6 Å². The van der Waals surface area contributed by atoms with Gasteiger partial charge >= 0.3 is 12.0 Å². The molecule has 2 aliphatic heterocycles. The summed E-state index contributed by atoms with van der Waals surface area (Å²) in [5.41, 5.74) is 3.32. The Bertz CT molecular complexity index is 2000. The van der Waals surface area contributed by atoms with Gasteiger partial charge < -0.3 is 28.6 Å². The molecule has 0 bridgehead atoms. The fourth-order valence-electron chi connectivity index (χ4n) is 5.78. The molecule has 0 unspecified atom stereocenters. The Morgan fingerprint density at radius 1 is 1.13 bits per heavy atom. The number of rotatable bonds is 10. The number of aromatic nitrogens is 4. The predicted octanol–water partition coefficient (Wildman–Crippen LogP) is 6.03. The molecule has 46 heavy (non-hydrogen) atoms. The largest absolute Gasteiger partial charge is 0.494 e. The van der Waals surface area contributed by atoms with Gasteiger partial charge in [-0.1, -0.05) is 17.7 Å². The van der Waals surface area contributed by atoms with E-state index >= 15 is 4.39 Å². The maximum Gasteiger partial charge on any atom is 0.335 e. The highest BCUT2D eigenvalue weighted by Gasteiger charge is 2.29. The molecule has 1 atom stereocenters. The summed E-state index contributed by atoms with van der Waals surface area (Å²) in [5.74, 6) is -0.724. The van der Waals surface area contributed by atoms with Crippen molar-refractivity contribution in [3.63, 3.8) is 0 Å². The van der Waals surface area contributed by atoms with Crippen molar-refractivity contribution in [2.45, 2.75) is 38.5 Å². The Kier molecular flexibility index (Phi) is 7.91. The zero-order chi connectivity index (χ0) is 31.9. The number of benzene rings is 3. The average molecular weight is 649 g/mol. The van der Waals surface area contributed by atoms with Crippen molar-refractivity contribution in [2.75, 3.05) is 20.3 Å². The Labute approximate surface area is 266 Å². The molecule has 0 radical (unpaired) electrons. The molecule has 0 amide bonds. The number of nitrogens with zero attached hydrogens (tertiary/aromatic N) is 4. The van der Waals surface area contributed by atoms with Crippen molar-refractivity contribution >= 4 is 28.6 Å². The molecule has 1 N–H and O–H groups in total. The van der Waals surface area contributed by atoms with Gasteiger partial charge in [0.2, 0.25) is 0 Å². The molecule has 4 heterocycles. The topological polar surface area (TPSA) is 118 Å². The van der Waals surface area contributed by atoms with E-state index in [9.17, 15) is 14.3 Å². The number of aromatic carboxylic acids is 1. The first-order chi connectivity index (χ1) is 22.3. The van der Waals surface area contributed by atoms with Crippen LogP contribution in [-0.4, -0.2) is 57.0 Å². The van der Waals surface area contributed by atoms with Crippen molar-refractivity contribution in [1.82, 2.24) is 19.5 Å². The normalized spacial score (nSPS) is 15.3. The molecule has 0 aliphatic carbocycles. The molecule has 3 aromatic carbocycles. The summed E-state index contributed by atoms with van der Waals surface area (Å²) in [6, 6.07) is 10.2. The summed E-state index contributed by atoms with van der Waals surface area (Å²) in [6.07, 6.45) is 2.85. The van der Waals surface area contributed by atoms with Crippen molar-refractivity contribution < 1.29 is 37.6 Å². The van der Waals surface area contributed by atoms with Gasteiger partial charge in [0.25, 0.3) is 0 Å². The van der Waals surface area contributed by atoms with Gasteiger partial charge in [-0.2, -0.15) is 4.98 Å². The zero-order valence-corrected chi connectivity index (χ0v) is 25.3. The third-order valence-electron chi connectivity index (χ3n) is 8.20. The molecule has 236 valence electrons. The van der Waals surface area contributed by atoms with Crippen LogP contribution in [0.15, 0.2) is 48.7 Å². The minimum Gasteiger partial charge on any atom is -0.494 e. The fraction of sp³-hybridized carbons (Fsp3) is 0.273. The van der Waals surface area contributed by atoms with Crippen molar-refractivity contribution in [3.8, 4) is 28.8 Å². The van der Waals surface area contributed by atoms with Crippen LogP contribution in [0.5, 0.6) is 17.5 Å². The van der Waals surface area contributed by atoms with Crippen molar-refractivity contribution in [2.24, 2.45) is 0 Å². The van der Waals surface area contributed by atoms with E-state index in [1.54, 1.807) is 18.2 Å². The van der Waals surface area contributed by atoms with E-state index in [0.717, 1.165) is 6.42 Å². The summed E-state index contributed by atoms with van der Waals surface area (Å²) < 4.78 is 55.1. The highest BCUT2D eigenvalue weighted by atomic mass is 35.5. The second kappa shape index (κ2) is 12.2. The summed E-state index contributed by atoms with van der Waals surface area (Å²) in [7, 11) is 1.45. The van der Waals surface area contributed by atoms with Crippen LogP contribution in [0.1, 0.15) is 39.3 Å². The van der Waals surface area contributed by atoms with Crippen LogP contribution >= 0.6 is 11.6 Å². The number of imidazole rings is 1. The second-order valence-electron chi connectivity index (χ2n) is 11.0.